The van der Waals surface area contributed by atoms with Crippen LogP contribution in [0.3, 0.4) is 0 Å². The molecule has 0 radical (unpaired) electrons. The molecular weight excluding hydrogens is 190 g/mol. The SMILES string of the molecule is C#CC(CCC)N1C(=O)CC(C)CC1=O. The summed E-state index contributed by atoms with van der Waals surface area (Å²) in [7, 11) is 0. The molecule has 0 spiro atoms. The fourth-order valence-corrected chi connectivity index (χ4v) is 1.91. The number of imide groups is 1. The maximum absolute atomic E-state index is 11.7. The van der Waals surface area contributed by atoms with Crippen molar-refractivity contribution in [2.24, 2.45) is 5.92 Å². The summed E-state index contributed by atoms with van der Waals surface area (Å²) < 4.78 is 0. The van der Waals surface area contributed by atoms with Crippen LogP contribution in [0.4, 0.5) is 0 Å². The summed E-state index contributed by atoms with van der Waals surface area (Å²) in [5.74, 6) is 2.46. The summed E-state index contributed by atoms with van der Waals surface area (Å²) in [5, 5.41) is 0. The highest BCUT2D eigenvalue weighted by atomic mass is 16.2. The van der Waals surface area contributed by atoms with Crippen LogP contribution in [0.25, 0.3) is 0 Å². The number of carbonyl (C=O) groups is 2. The minimum Gasteiger partial charge on any atom is -0.274 e. The van der Waals surface area contributed by atoms with Crippen molar-refractivity contribution in [2.75, 3.05) is 0 Å². The highest BCUT2D eigenvalue weighted by Gasteiger charge is 2.34. The monoisotopic (exact) mass is 207 g/mol. The normalized spacial score (nSPS) is 20.2. The van der Waals surface area contributed by atoms with Crippen LogP contribution < -0.4 is 0 Å². The first-order valence-corrected chi connectivity index (χ1v) is 5.41. The fourth-order valence-electron chi connectivity index (χ4n) is 1.91. The van der Waals surface area contributed by atoms with Gasteiger partial charge in [0.2, 0.25) is 11.8 Å². The van der Waals surface area contributed by atoms with Gasteiger partial charge in [0.1, 0.15) is 6.04 Å². The first kappa shape index (κ1) is 11.8. The van der Waals surface area contributed by atoms with Crippen molar-refractivity contribution in [3.05, 3.63) is 0 Å². The number of hydrogen-bond donors (Lipinski definition) is 0. The van der Waals surface area contributed by atoms with Crippen LogP contribution in [0.1, 0.15) is 39.5 Å². The minimum atomic E-state index is -0.345. The van der Waals surface area contributed by atoms with Gasteiger partial charge in [0.05, 0.1) is 0 Å². The Hall–Kier alpha value is -1.30. The first-order chi connectivity index (χ1) is 7.10. The average Bonchev–Trinajstić information content (AvgIpc) is 2.14. The molecule has 0 N–H and O–H groups in total. The first-order valence-electron chi connectivity index (χ1n) is 5.41. The van der Waals surface area contributed by atoms with Crippen molar-refractivity contribution in [3.8, 4) is 12.3 Å². The molecule has 1 aliphatic heterocycles. The third kappa shape index (κ3) is 2.59. The number of likely N-dealkylation sites (tertiary alicyclic amines) is 1. The fraction of sp³-hybridized carbons (Fsp3) is 0.667. The lowest BCUT2D eigenvalue weighted by Crippen LogP contribution is -2.48. The molecule has 0 bridgehead atoms. The van der Waals surface area contributed by atoms with Crippen LogP contribution in [-0.4, -0.2) is 22.8 Å². The van der Waals surface area contributed by atoms with Gasteiger partial charge in [-0.1, -0.05) is 26.2 Å². The highest BCUT2D eigenvalue weighted by molar-refractivity contribution is 5.98. The quantitative estimate of drug-likeness (QED) is 0.520. The van der Waals surface area contributed by atoms with Gasteiger partial charge < -0.3 is 0 Å². The second-order valence-corrected chi connectivity index (χ2v) is 4.14. The smallest absolute Gasteiger partial charge is 0.230 e. The molecule has 1 atom stereocenters. The molecule has 0 saturated carbocycles. The molecule has 82 valence electrons. The van der Waals surface area contributed by atoms with E-state index in [1.807, 2.05) is 13.8 Å². The van der Waals surface area contributed by atoms with Crippen LogP contribution in [0.5, 0.6) is 0 Å². The zero-order valence-corrected chi connectivity index (χ0v) is 9.32. The van der Waals surface area contributed by atoms with Crippen molar-refractivity contribution in [2.45, 2.75) is 45.6 Å². The Kier molecular flexibility index (Phi) is 3.90. The van der Waals surface area contributed by atoms with E-state index >= 15 is 0 Å². The van der Waals surface area contributed by atoms with Crippen LogP contribution in [0, 0.1) is 18.3 Å². The standard InChI is InChI=1S/C12H17NO2/c1-4-6-10(5-2)13-11(14)7-9(3)8-12(13)15/h2,9-10H,4,6-8H2,1,3H3. The molecule has 1 fully saturated rings. The lowest BCUT2D eigenvalue weighted by Gasteiger charge is -2.32. The van der Waals surface area contributed by atoms with E-state index < -0.39 is 0 Å². The highest BCUT2D eigenvalue weighted by Crippen LogP contribution is 2.22. The number of amides is 2. The largest absolute Gasteiger partial charge is 0.274 e. The molecular formula is C12H17NO2. The molecule has 1 aliphatic rings. The molecule has 1 heterocycles. The molecule has 2 amide bonds. The minimum absolute atomic E-state index is 0.116. The molecule has 15 heavy (non-hydrogen) atoms. The molecule has 1 rings (SSSR count). The zero-order valence-electron chi connectivity index (χ0n) is 9.32. The Balaban J connectivity index is 2.79. The molecule has 0 aliphatic carbocycles. The molecule has 0 aromatic rings. The van der Waals surface area contributed by atoms with E-state index in [4.69, 9.17) is 6.42 Å². The number of carbonyl (C=O) groups excluding carboxylic acids is 2. The van der Waals surface area contributed by atoms with E-state index in [9.17, 15) is 9.59 Å². The van der Waals surface area contributed by atoms with E-state index in [1.54, 1.807) is 0 Å². The van der Waals surface area contributed by atoms with E-state index in [2.05, 4.69) is 5.92 Å². The molecule has 0 aromatic carbocycles. The van der Waals surface area contributed by atoms with Gasteiger partial charge in [-0.25, -0.2) is 0 Å². The van der Waals surface area contributed by atoms with Gasteiger partial charge in [0, 0.05) is 12.8 Å². The van der Waals surface area contributed by atoms with Crippen molar-refractivity contribution in [1.29, 1.82) is 0 Å². The summed E-state index contributed by atoms with van der Waals surface area (Å²) in [6.07, 6.45) is 7.80. The predicted molar refractivity (Wildman–Crippen MR) is 57.8 cm³/mol. The Morgan fingerprint density at radius 1 is 1.47 bits per heavy atom. The van der Waals surface area contributed by atoms with E-state index in [0.29, 0.717) is 19.3 Å². The lowest BCUT2D eigenvalue weighted by molar-refractivity contribution is -0.151. The van der Waals surface area contributed by atoms with Crippen LogP contribution >= 0.6 is 0 Å². The number of hydrogen-bond acceptors (Lipinski definition) is 2. The van der Waals surface area contributed by atoms with E-state index in [1.165, 1.54) is 4.90 Å². The second-order valence-electron chi connectivity index (χ2n) is 4.14. The van der Waals surface area contributed by atoms with Crippen molar-refractivity contribution in [1.82, 2.24) is 4.90 Å². The maximum Gasteiger partial charge on any atom is 0.230 e. The Bertz CT molecular complexity index is 285. The third-order valence-corrected chi connectivity index (χ3v) is 2.65. The summed E-state index contributed by atoms with van der Waals surface area (Å²) in [6, 6.07) is -0.345. The third-order valence-electron chi connectivity index (χ3n) is 2.65. The summed E-state index contributed by atoms with van der Waals surface area (Å²) >= 11 is 0. The van der Waals surface area contributed by atoms with E-state index in [-0.39, 0.29) is 23.8 Å². The van der Waals surface area contributed by atoms with Crippen molar-refractivity contribution >= 4 is 11.8 Å². The second kappa shape index (κ2) is 4.97. The van der Waals surface area contributed by atoms with Gasteiger partial charge in [-0.2, -0.15) is 0 Å². The van der Waals surface area contributed by atoms with Crippen LogP contribution in [-0.2, 0) is 9.59 Å². The summed E-state index contributed by atoms with van der Waals surface area (Å²) in [5.41, 5.74) is 0. The predicted octanol–water partition coefficient (Wildman–Crippen LogP) is 1.57. The number of piperidine rings is 1. The van der Waals surface area contributed by atoms with E-state index in [0.717, 1.165) is 6.42 Å². The van der Waals surface area contributed by atoms with Gasteiger partial charge in [0.15, 0.2) is 0 Å². The van der Waals surface area contributed by atoms with Crippen molar-refractivity contribution < 1.29 is 9.59 Å². The van der Waals surface area contributed by atoms with Gasteiger partial charge in [-0.15, -0.1) is 6.42 Å². The Morgan fingerprint density at radius 3 is 2.40 bits per heavy atom. The Labute approximate surface area is 90.8 Å². The Morgan fingerprint density at radius 2 is 2.00 bits per heavy atom. The average molecular weight is 207 g/mol. The summed E-state index contributed by atoms with van der Waals surface area (Å²) in [4.78, 5) is 24.7. The number of nitrogens with zero attached hydrogens (tertiary/aromatic N) is 1. The molecule has 3 heteroatoms. The number of rotatable bonds is 3. The van der Waals surface area contributed by atoms with Crippen LogP contribution in [0.2, 0.25) is 0 Å². The van der Waals surface area contributed by atoms with Crippen LogP contribution in [0.15, 0.2) is 0 Å². The topological polar surface area (TPSA) is 37.4 Å². The zero-order chi connectivity index (χ0) is 11.4. The maximum atomic E-state index is 11.7. The molecule has 1 unspecified atom stereocenters. The van der Waals surface area contributed by atoms with Gasteiger partial charge in [0.25, 0.3) is 0 Å². The van der Waals surface area contributed by atoms with Crippen molar-refractivity contribution in [3.63, 3.8) is 0 Å². The summed E-state index contributed by atoms with van der Waals surface area (Å²) in [6.45, 7) is 3.91. The van der Waals surface area contributed by atoms with Gasteiger partial charge in [-0.3, -0.25) is 14.5 Å². The van der Waals surface area contributed by atoms with Gasteiger partial charge >= 0.3 is 0 Å². The molecule has 0 aromatic heterocycles. The number of terminal acetylenes is 1. The molecule has 1 saturated heterocycles. The van der Waals surface area contributed by atoms with Gasteiger partial charge in [-0.05, 0) is 12.3 Å². The lowest BCUT2D eigenvalue weighted by atomic mass is 9.95. The molecule has 3 nitrogen and oxygen atoms in total.